The molecule has 0 radical (unpaired) electrons. The molecule has 0 fully saturated rings. The Balaban J connectivity index is 2.67. The summed E-state index contributed by atoms with van der Waals surface area (Å²) in [7, 11) is 0. The first-order valence-electron chi connectivity index (χ1n) is 9.49. The number of benzene rings is 1. The van der Waals surface area contributed by atoms with Crippen molar-refractivity contribution in [1.29, 1.82) is 0 Å². The zero-order chi connectivity index (χ0) is 20.0. The number of rotatable bonds is 7. The molecule has 4 heteroatoms. The van der Waals surface area contributed by atoms with Gasteiger partial charge in [-0.3, -0.25) is 0 Å². The quantitative estimate of drug-likeness (QED) is 0.693. The van der Waals surface area contributed by atoms with E-state index in [1.54, 1.807) is 20.8 Å². The molecule has 0 aliphatic heterocycles. The van der Waals surface area contributed by atoms with Gasteiger partial charge in [0.05, 0.1) is 6.04 Å². The highest BCUT2D eigenvalue weighted by atomic mass is 16.6. The van der Waals surface area contributed by atoms with Crippen LogP contribution in [-0.2, 0) is 21.4 Å². The van der Waals surface area contributed by atoms with Crippen molar-refractivity contribution in [1.82, 2.24) is 5.32 Å². The third-order valence-electron chi connectivity index (χ3n) is 4.38. The highest BCUT2D eigenvalue weighted by molar-refractivity contribution is 5.73. The Morgan fingerprint density at radius 3 is 2.12 bits per heavy atom. The number of carbonyl (C=O) groups excluding carboxylic acids is 2. The lowest BCUT2D eigenvalue weighted by Crippen LogP contribution is -2.41. The lowest BCUT2D eigenvalue weighted by atomic mass is 9.85. The van der Waals surface area contributed by atoms with Crippen LogP contribution >= 0.6 is 0 Å². The normalized spacial score (nSPS) is 14.4. The fraction of sp³-hybridized carbons (Fsp3) is 0.636. The van der Waals surface area contributed by atoms with Gasteiger partial charge in [0, 0.05) is 0 Å². The van der Waals surface area contributed by atoms with Gasteiger partial charge in [-0.2, -0.15) is 0 Å². The highest BCUT2D eigenvalue weighted by Crippen LogP contribution is 2.24. The monoisotopic (exact) mass is 361 g/mol. The van der Waals surface area contributed by atoms with Crippen LogP contribution in [0.4, 0.5) is 4.79 Å². The standard InChI is InChI=1S/C22H35NO3/c1-8-16(13-17-9-11-18(12-10-17)21(2,3)4)14-19(15-24)23-20(25)26-22(5,6)7/h9-12,15-16,19H,8,13-14H2,1-7H3,(H,23,25)/t16-,19+/m1/s1. The summed E-state index contributed by atoms with van der Waals surface area (Å²) in [6.45, 7) is 14.1. The van der Waals surface area contributed by atoms with E-state index in [9.17, 15) is 9.59 Å². The average Bonchev–Trinajstić information content (AvgIpc) is 2.51. The van der Waals surface area contributed by atoms with Gasteiger partial charge in [0.25, 0.3) is 0 Å². The Hall–Kier alpha value is -1.84. The van der Waals surface area contributed by atoms with Crippen LogP contribution in [0.25, 0.3) is 0 Å². The molecule has 0 bridgehead atoms. The number of ether oxygens (including phenoxy) is 1. The predicted octanol–water partition coefficient (Wildman–Crippen LogP) is 5.04. The van der Waals surface area contributed by atoms with Gasteiger partial charge < -0.3 is 14.8 Å². The van der Waals surface area contributed by atoms with E-state index in [4.69, 9.17) is 4.74 Å². The molecule has 0 saturated carbocycles. The maximum absolute atomic E-state index is 11.9. The predicted molar refractivity (Wildman–Crippen MR) is 106 cm³/mol. The molecule has 0 saturated heterocycles. The molecule has 1 N–H and O–H groups in total. The highest BCUT2D eigenvalue weighted by Gasteiger charge is 2.22. The van der Waals surface area contributed by atoms with Gasteiger partial charge in [0.15, 0.2) is 0 Å². The third kappa shape index (κ3) is 8.03. The Kier molecular flexibility index (Phi) is 7.86. The molecule has 0 aliphatic rings. The molecule has 4 nitrogen and oxygen atoms in total. The summed E-state index contributed by atoms with van der Waals surface area (Å²) in [5.74, 6) is 0.320. The van der Waals surface area contributed by atoms with E-state index in [1.807, 2.05) is 0 Å². The van der Waals surface area contributed by atoms with Gasteiger partial charge in [-0.15, -0.1) is 0 Å². The van der Waals surface area contributed by atoms with Crippen molar-refractivity contribution in [2.75, 3.05) is 0 Å². The van der Waals surface area contributed by atoms with Crippen molar-refractivity contribution in [2.24, 2.45) is 5.92 Å². The van der Waals surface area contributed by atoms with E-state index in [2.05, 4.69) is 57.3 Å². The minimum atomic E-state index is -0.573. The molecule has 0 spiro atoms. The van der Waals surface area contributed by atoms with Gasteiger partial charge in [-0.25, -0.2) is 4.79 Å². The molecule has 1 aromatic carbocycles. The number of amides is 1. The van der Waals surface area contributed by atoms with Crippen molar-refractivity contribution < 1.29 is 14.3 Å². The molecule has 0 aromatic heterocycles. The molecule has 0 unspecified atom stereocenters. The number of hydrogen-bond donors (Lipinski definition) is 1. The lowest BCUT2D eigenvalue weighted by Gasteiger charge is -2.24. The molecule has 1 amide bonds. The van der Waals surface area contributed by atoms with Crippen molar-refractivity contribution >= 4 is 12.4 Å². The van der Waals surface area contributed by atoms with Crippen molar-refractivity contribution in [3.05, 3.63) is 35.4 Å². The molecule has 1 rings (SSSR count). The van der Waals surface area contributed by atoms with Gasteiger partial charge in [-0.05, 0) is 56.1 Å². The van der Waals surface area contributed by atoms with Crippen LogP contribution in [0, 0.1) is 5.92 Å². The fourth-order valence-electron chi connectivity index (χ4n) is 2.84. The Bertz CT molecular complexity index is 579. The van der Waals surface area contributed by atoms with Gasteiger partial charge >= 0.3 is 6.09 Å². The minimum absolute atomic E-state index is 0.142. The number of nitrogens with one attached hydrogen (secondary N) is 1. The number of alkyl carbamates (subject to hydrolysis) is 1. The lowest BCUT2D eigenvalue weighted by molar-refractivity contribution is -0.110. The summed E-state index contributed by atoms with van der Waals surface area (Å²) in [6.07, 6.45) is 2.71. The summed E-state index contributed by atoms with van der Waals surface area (Å²) in [5.41, 5.74) is 2.14. The van der Waals surface area contributed by atoms with E-state index >= 15 is 0 Å². The Morgan fingerprint density at radius 2 is 1.69 bits per heavy atom. The van der Waals surface area contributed by atoms with Crippen molar-refractivity contribution in [3.8, 4) is 0 Å². The van der Waals surface area contributed by atoms with Crippen LogP contribution in [-0.4, -0.2) is 24.0 Å². The summed E-state index contributed by atoms with van der Waals surface area (Å²) in [5, 5.41) is 2.67. The van der Waals surface area contributed by atoms with Crippen LogP contribution in [0.2, 0.25) is 0 Å². The molecular formula is C22H35NO3. The third-order valence-corrected chi connectivity index (χ3v) is 4.38. The van der Waals surface area contributed by atoms with Gasteiger partial charge in [-0.1, -0.05) is 58.4 Å². The Labute approximate surface area is 158 Å². The molecule has 26 heavy (non-hydrogen) atoms. The van der Waals surface area contributed by atoms with E-state index < -0.39 is 17.7 Å². The maximum atomic E-state index is 11.9. The van der Waals surface area contributed by atoms with Crippen LogP contribution in [0.5, 0.6) is 0 Å². The SMILES string of the molecule is CC[C@H](Cc1ccc(C(C)(C)C)cc1)C[C@@H](C=O)NC(=O)OC(C)(C)C. The van der Waals surface area contributed by atoms with Crippen LogP contribution in [0.1, 0.15) is 72.4 Å². The molecule has 0 aliphatic carbocycles. The second-order valence-electron chi connectivity index (χ2n) is 9.05. The number of hydrogen-bond acceptors (Lipinski definition) is 3. The largest absolute Gasteiger partial charge is 0.444 e. The molecule has 146 valence electrons. The zero-order valence-corrected chi connectivity index (χ0v) is 17.4. The summed E-state index contributed by atoms with van der Waals surface area (Å²) >= 11 is 0. The van der Waals surface area contributed by atoms with E-state index in [-0.39, 0.29) is 5.41 Å². The molecule has 2 atom stereocenters. The molecule has 1 aromatic rings. The number of carbonyl (C=O) groups is 2. The fourth-order valence-corrected chi connectivity index (χ4v) is 2.84. The van der Waals surface area contributed by atoms with Crippen molar-refractivity contribution in [3.63, 3.8) is 0 Å². The van der Waals surface area contributed by atoms with Crippen LogP contribution < -0.4 is 5.32 Å². The summed E-state index contributed by atoms with van der Waals surface area (Å²) < 4.78 is 5.24. The van der Waals surface area contributed by atoms with Crippen LogP contribution in [0.15, 0.2) is 24.3 Å². The number of aldehydes is 1. The summed E-state index contributed by atoms with van der Waals surface area (Å²) in [6, 6.07) is 8.17. The minimum Gasteiger partial charge on any atom is -0.444 e. The first-order chi connectivity index (χ1) is 11.9. The first-order valence-corrected chi connectivity index (χ1v) is 9.49. The first kappa shape index (κ1) is 22.2. The maximum Gasteiger partial charge on any atom is 0.408 e. The van der Waals surface area contributed by atoms with E-state index in [0.717, 1.165) is 19.1 Å². The summed E-state index contributed by atoms with van der Waals surface area (Å²) in [4.78, 5) is 23.3. The van der Waals surface area contributed by atoms with Gasteiger partial charge in [0.2, 0.25) is 0 Å². The molecular weight excluding hydrogens is 326 g/mol. The topological polar surface area (TPSA) is 55.4 Å². The smallest absolute Gasteiger partial charge is 0.408 e. The second-order valence-corrected chi connectivity index (χ2v) is 9.05. The van der Waals surface area contributed by atoms with E-state index in [0.29, 0.717) is 12.3 Å². The Morgan fingerprint density at radius 1 is 1.12 bits per heavy atom. The van der Waals surface area contributed by atoms with E-state index in [1.165, 1.54) is 11.1 Å². The molecule has 0 heterocycles. The average molecular weight is 362 g/mol. The zero-order valence-electron chi connectivity index (χ0n) is 17.4. The van der Waals surface area contributed by atoms with Crippen LogP contribution in [0.3, 0.4) is 0 Å². The second kappa shape index (κ2) is 9.20. The van der Waals surface area contributed by atoms with Crippen molar-refractivity contribution in [2.45, 2.75) is 84.8 Å². The van der Waals surface area contributed by atoms with Gasteiger partial charge in [0.1, 0.15) is 11.9 Å².